The number of likely N-dealkylation sites (tertiary alicyclic amines) is 1. The lowest BCUT2D eigenvalue weighted by molar-refractivity contribution is -0.142. The number of hydrogen-bond donors (Lipinski definition) is 0. The molecule has 0 aromatic heterocycles. The van der Waals surface area contributed by atoms with Crippen LogP contribution in [0.4, 0.5) is 23.2 Å². The molecule has 41 heavy (non-hydrogen) atoms. The van der Waals surface area contributed by atoms with Gasteiger partial charge in [-0.1, -0.05) is 54.6 Å². The summed E-state index contributed by atoms with van der Waals surface area (Å²) in [6.07, 6.45) is -3.74. The molecule has 0 aliphatic carbocycles. The number of esters is 1. The van der Waals surface area contributed by atoms with Crippen LogP contribution < -0.4 is 4.90 Å². The Balaban J connectivity index is 1.54. The molecule has 216 valence electrons. The van der Waals surface area contributed by atoms with Gasteiger partial charge in [-0.2, -0.15) is 13.2 Å². The first-order chi connectivity index (χ1) is 19.7. The Hall–Kier alpha value is -3.69. The minimum absolute atomic E-state index is 0.0163. The lowest BCUT2D eigenvalue weighted by Gasteiger charge is -2.39. The molecule has 0 N–H and O–H groups in total. The molecule has 0 atom stereocenters. The molecule has 3 aromatic rings. The van der Waals surface area contributed by atoms with Crippen molar-refractivity contribution in [3.63, 3.8) is 0 Å². The quantitative estimate of drug-likeness (QED) is 0.223. The monoisotopic (exact) mass is 568 g/mol. The highest BCUT2D eigenvalue weighted by Crippen LogP contribution is 2.44. The van der Waals surface area contributed by atoms with E-state index in [0.29, 0.717) is 42.9 Å². The fourth-order valence-electron chi connectivity index (χ4n) is 5.74. The van der Waals surface area contributed by atoms with Crippen LogP contribution in [0.25, 0.3) is 0 Å². The van der Waals surface area contributed by atoms with Crippen LogP contribution in [-0.2, 0) is 33.5 Å². The van der Waals surface area contributed by atoms with Gasteiger partial charge in [-0.25, -0.2) is 9.18 Å². The van der Waals surface area contributed by atoms with Crippen molar-refractivity contribution in [1.82, 2.24) is 4.90 Å². The van der Waals surface area contributed by atoms with Crippen LogP contribution in [0.2, 0.25) is 0 Å². The molecule has 9 heteroatoms. The summed E-state index contributed by atoms with van der Waals surface area (Å²) in [4.78, 5) is 17.4. The zero-order valence-electron chi connectivity index (χ0n) is 22.8. The molecule has 0 radical (unpaired) electrons. The number of benzene rings is 3. The molecular formula is C32H32F4N2O3. The van der Waals surface area contributed by atoms with E-state index in [1.54, 1.807) is 42.2 Å². The first-order valence-electron chi connectivity index (χ1n) is 13.7. The predicted molar refractivity (Wildman–Crippen MR) is 147 cm³/mol. The molecule has 2 aliphatic rings. The summed E-state index contributed by atoms with van der Waals surface area (Å²) in [6.45, 7) is 3.44. The third-order valence-electron chi connectivity index (χ3n) is 7.76. The molecular weight excluding hydrogens is 536 g/mol. The van der Waals surface area contributed by atoms with E-state index in [1.807, 2.05) is 18.2 Å². The molecule has 2 heterocycles. The van der Waals surface area contributed by atoms with Gasteiger partial charge in [-0.15, -0.1) is 0 Å². The Kier molecular flexibility index (Phi) is 8.47. The van der Waals surface area contributed by atoms with Gasteiger partial charge in [0.15, 0.2) is 0 Å². The number of halogens is 4. The Morgan fingerprint density at radius 2 is 1.63 bits per heavy atom. The predicted octanol–water partition coefficient (Wildman–Crippen LogP) is 6.73. The van der Waals surface area contributed by atoms with Crippen molar-refractivity contribution in [3.8, 4) is 0 Å². The van der Waals surface area contributed by atoms with Crippen molar-refractivity contribution >= 4 is 11.7 Å². The Morgan fingerprint density at radius 3 is 2.27 bits per heavy atom. The summed E-state index contributed by atoms with van der Waals surface area (Å²) >= 11 is 0. The zero-order chi connectivity index (χ0) is 29.0. The van der Waals surface area contributed by atoms with Crippen LogP contribution in [0.15, 0.2) is 90.1 Å². The minimum atomic E-state index is -4.75. The summed E-state index contributed by atoms with van der Waals surface area (Å²) in [5.74, 6) is -1.54. The molecule has 1 fully saturated rings. The van der Waals surface area contributed by atoms with Gasteiger partial charge in [-0.3, -0.25) is 4.90 Å². The Morgan fingerprint density at radius 1 is 0.976 bits per heavy atom. The van der Waals surface area contributed by atoms with Gasteiger partial charge in [0.2, 0.25) is 0 Å². The van der Waals surface area contributed by atoms with Gasteiger partial charge in [0, 0.05) is 30.9 Å². The van der Waals surface area contributed by atoms with E-state index in [-0.39, 0.29) is 13.2 Å². The molecule has 2 aliphatic heterocycles. The minimum Gasteiger partial charge on any atom is -0.462 e. The highest BCUT2D eigenvalue weighted by atomic mass is 19.4. The van der Waals surface area contributed by atoms with Crippen molar-refractivity contribution in [2.24, 2.45) is 0 Å². The largest absolute Gasteiger partial charge is 0.462 e. The van der Waals surface area contributed by atoms with Crippen LogP contribution in [-0.4, -0.2) is 42.8 Å². The fourth-order valence-corrected chi connectivity index (χ4v) is 5.74. The molecule has 0 unspecified atom stereocenters. The number of para-hydroxylation sites is 1. The maximum absolute atomic E-state index is 15.0. The van der Waals surface area contributed by atoms with Gasteiger partial charge in [0.25, 0.3) is 0 Å². The summed E-state index contributed by atoms with van der Waals surface area (Å²) in [7, 11) is 0. The van der Waals surface area contributed by atoms with E-state index < -0.39 is 41.2 Å². The van der Waals surface area contributed by atoms with Gasteiger partial charge in [0.05, 0.1) is 36.6 Å². The molecule has 1 saturated heterocycles. The number of alkyl halides is 3. The van der Waals surface area contributed by atoms with Crippen molar-refractivity contribution < 1.29 is 31.8 Å². The second kappa shape index (κ2) is 12.0. The molecule has 3 aromatic carbocycles. The van der Waals surface area contributed by atoms with Gasteiger partial charge in [0.1, 0.15) is 11.4 Å². The average molecular weight is 569 g/mol. The highest BCUT2D eigenvalue weighted by molar-refractivity contribution is 5.93. The van der Waals surface area contributed by atoms with E-state index in [2.05, 4.69) is 17.0 Å². The maximum Gasteiger partial charge on any atom is 0.416 e. The number of rotatable bonds is 8. The third-order valence-corrected chi connectivity index (χ3v) is 7.76. The van der Waals surface area contributed by atoms with Crippen molar-refractivity contribution in [2.75, 3.05) is 31.2 Å². The van der Waals surface area contributed by atoms with Crippen LogP contribution in [0.3, 0.4) is 0 Å². The topological polar surface area (TPSA) is 42.0 Å². The number of anilines is 1. The van der Waals surface area contributed by atoms with Crippen molar-refractivity contribution in [1.29, 1.82) is 0 Å². The van der Waals surface area contributed by atoms with Gasteiger partial charge < -0.3 is 14.4 Å². The molecule has 5 rings (SSSR count). The van der Waals surface area contributed by atoms with Crippen LogP contribution in [0.1, 0.15) is 36.5 Å². The smallest absolute Gasteiger partial charge is 0.416 e. The molecule has 0 amide bonds. The fraction of sp³-hybridized carbons (Fsp3) is 0.344. The van der Waals surface area contributed by atoms with E-state index in [1.165, 1.54) is 5.56 Å². The summed E-state index contributed by atoms with van der Waals surface area (Å²) in [5.41, 5.74) is -0.127. The molecule has 0 saturated carbocycles. The average Bonchev–Trinajstić information content (AvgIpc) is 3.32. The first kappa shape index (κ1) is 28.8. The van der Waals surface area contributed by atoms with Crippen LogP contribution in [0.5, 0.6) is 0 Å². The second-order valence-electron chi connectivity index (χ2n) is 10.3. The standard InChI is InChI=1S/C32H32F4N2O3/c1-2-40-30(39)29-28(22-41-31(29)16-18-37(19-17-31)20-23-10-5-3-6-11-23)38(24-12-7-4-8-13-24)21-25-26(32(34,35)36)14-9-15-27(25)33/h3-15H,2,16-22H2,1H3. The zero-order valence-corrected chi connectivity index (χ0v) is 22.8. The summed E-state index contributed by atoms with van der Waals surface area (Å²) in [5, 5.41) is 0. The third kappa shape index (κ3) is 6.16. The summed E-state index contributed by atoms with van der Waals surface area (Å²) in [6, 6.07) is 21.7. The van der Waals surface area contributed by atoms with Crippen LogP contribution in [0, 0.1) is 5.82 Å². The highest BCUT2D eigenvalue weighted by Gasteiger charge is 2.50. The van der Waals surface area contributed by atoms with E-state index >= 15 is 4.39 Å². The van der Waals surface area contributed by atoms with E-state index in [0.717, 1.165) is 24.7 Å². The lowest BCUT2D eigenvalue weighted by Crippen LogP contribution is -2.47. The van der Waals surface area contributed by atoms with E-state index in [9.17, 15) is 18.0 Å². The van der Waals surface area contributed by atoms with Crippen molar-refractivity contribution in [2.45, 2.75) is 44.6 Å². The first-order valence-corrected chi connectivity index (χ1v) is 13.7. The second-order valence-corrected chi connectivity index (χ2v) is 10.3. The lowest BCUT2D eigenvalue weighted by atomic mass is 9.83. The molecule has 1 spiro atoms. The molecule has 0 bridgehead atoms. The van der Waals surface area contributed by atoms with E-state index in [4.69, 9.17) is 9.47 Å². The SMILES string of the molecule is CCOC(=O)C1=C(N(Cc2c(F)cccc2C(F)(F)F)c2ccccc2)COC12CCN(Cc1ccccc1)CC2. The summed E-state index contributed by atoms with van der Waals surface area (Å²) < 4.78 is 68.7. The van der Waals surface area contributed by atoms with Crippen LogP contribution >= 0.6 is 0 Å². The van der Waals surface area contributed by atoms with Gasteiger partial charge >= 0.3 is 12.1 Å². The Labute approximate surface area is 237 Å². The number of carbonyl (C=O) groups is 1. The molecule has 5 nitrogen and oxygen atoms in total. The maximum atomic E-state index is 15.0. The number of nitrogens with zero attached hydrogens (tertiary/aromatic N) is 2. The number of piperidine rings is 1. The Bertz CT molecular complexity index is 1390. The number of carbonyl (C=O) groups excluding carboxylic acids is 1. The van der Waals surface area contributed by atoms with Crippen molar-refractivity contribution in [3.05, 3.63) is 113 Å². The number of hydrogen-bond acceptors (Lipinski definition) is 5. The number of ether oxygens (including phenoxy) is 2. The van der Waals surface area contributed by atoms with Gasteiger partial charge in [-0.05, 0) is 49.6 Å². The normalized spacial score (nSPS) is 17.2.